The van der Waals surface area contributed by atoms with Crippen LogP contribution in [0, 0.1) is 0 Å². The molecule has 6 heteroatoms. The molecular weight excluding hydrogens is 180 g/mol. The van der Waals surface area contributed by atoms with E-state index in [1.807, 2.05) is 0 Å². The second kappa shape index (κ2) is 5.50. The molecule has 0 aliphatic rings. The van der Waals surface area contributed by atoms with E-state index >= 15 is 0 Å². The first-order valence-electron chi connectivity index (χ1n) is 3.49. The third-order valence-electron chi connectivity index (χ3n) is 1.47. The highest BCUT2D eigenvalue weighted by molar-refractivity contribution is 7.80. The van der Waals surface area contributed by atoms with E-state index in [0.717, 1.165) is 0 Å². The lowest BCUT2D eigenvalue weighted by atomic mass is 10.0. The predicted octanol–water partition coefficient (Wildman–Crippen LogP) is -2.51. The molecule has 0 heterocycles. The van der Waals surface area contributed by atoms with Gasteiger partial charge in [0, 0.05) is 5.75 Å². The summed E-state index contributed by atoms with van der Waals surface area (Å²) in [4.78, 5) is 11.1. The maximum absolute atomic E-state index is 11.1. The van der Waals surface area contributed by atoms with E-state index in [1.165, 1.54) is 0 Å². The molecule has 5 nitrogen and oxygen atoms in total. The second-order valence-electron chi connectivity index (χ2n) is 2.48. The molecule has 0 spiro atoms. The van der Waals surface area contributed by atoms with Crippen molar-refractivity contribution < 1.29 is 15.0 Å². The van der Waals surface area contributed by atoms with Gasteiger partial charge < -0.3 is 21.7 Å². The minimum Gasteiger partial charge on any atom is -0.395 e. The van der Waals surface area contributed by atoms with Crippen molar-refractivity contribution in [1.29, 1.82) is 0 Å². The molecule has 0 radical (unpaired) electrons. The van der Waals surface area contributed by atoms with E-state index in [2.05, 4.69) is 12.6 Å². The summed E-state index contributed by atoms with van der Waals surface area (Å²) in [5.74, 6) is -0.444. The van der Waals surface area contributed by atoms with Gasteiger partial charge in [-0.15, -0.1) is 0 Å². The molecule has 0 aromatic heterocycles. The molecule has 0 aliphatic carbocycles. The average Bonchev–Trinajstić information content (AvgIpc) is 2.12. The molecule has 3 atom stereocenters. The van der Waals surface area contributed by atoms with Crippen LogP contribution >= 0.6 is 12.6 Å². The molecule has 6 N–H and O–H groups in total. The van der Waals surface area contributed by atoms with Crippen LogP contribution < -0.4 is 11.5 Å². The van der Waals surface area contributed by atoms with Crippen LogP contribution in [0.25, 0.3) is 0 Å². The van der Waals surface area contributed by atoms with E-state index < -0.39 is 30.6 Å². The highest BCUT2D eigenvalue weighted by Crippen LogP contribution is 1.96. The van der Waals surface area contributed by atoms with Gasteiger partial charge in [-0.25, -0.2) is 0 Å². The van der Waals surface area contributed by atoms with Crippen LogP contribution in [0.2, 0.25) is 0 Å². The smallest absolute Gasteiger partial charge is 0.180 e. The zero-order valence-corrected chi connectivity index (χ0v) is 7.45. The first kappa shape index (κ1) is 11.9. The normalized spacial score (nSPS) is 18.4. The Labute approximate surface area is 76.1 Å². The number of thiol groups is 1. The number of aliphatic hydroxyl groups is 2. The SMILES string of the molecule is NC(CO)C(O)C(=O)[C@@H](N)CS. The summed E-state index contributed by atoms with van der Waals surface area (Å²) in [6, 6.07) is -1.80. The summed E-state index contributed by atoms with van der Waals surface area (Å²) < 4.78 is 0. The van der Waals surface area contributed by atoms with Crippen molar-refractivity contribution in [2.24, 2.45) is 11.5 Å². The van der Waals surface area contributed by atoms with Crippen LogP contribution in [0.1, 0.15) is 0 Å². The summed E-state index contributed by atoms with van der Waals surface area (Å²) in [7, 11) is 0. The van der Waals surface area contributed by atoms with Crippen LogP contribution in [-0.2, 0) is 4.79 Å². The Hall–Kier alpha value is -0.140. The van der Waals surface area contributed by atoms with Gasteiger partial charge >= 0.3 is 0 Å². The quantitative estimate of drug-likeness (QED) is 0.311. The minimum absolute atomic E-state index is 0.147. The molecule has 0 aliphatic heterocycles. The fourth-order valence-electron chi connectivity index (χ4n) is 0.620. The number of hydrogen-bond acceptors (Lipinski definition) is 6. The topological polar surface area (TPSA) is 110 Å². The lowest BCUT2D eigenvalue weighted by molar-refractivity contribution is -0.129. The van der Waals surface area contributed by atoms with Crippen molar-refractivity contribution >= 4 is 18.4 Å². The summed E-state index contributed by atoms with van der Waals surface area (Å²) in [5, 5.41) is 17.7. The Kier molecular flexibility index (Phi) is 5.43. The molecule has 0 aromatic carbocycles. The number of carbonyl (C=O) groups is 1. The van der Waals surface area contributed by atoms with Gasteiger partial charge in [0.15, 0.2) is 5.78 Å². The average molecular weight is 194 g/mol. The van der Waals surface area contributed by atoms with Crippen LogP contribution in [0.15, 0.2) is 0 Å². The van der Waals surface area contributed by atoms with Crippen molar-refractivity contribution in [1.82, 2.24) is 0 Å². The summed E-state index contributed by atoms with van der Waals surface area (Å²) in [6.45, 7) is -0.452. The summed E-state index contributed by atoms with van der Waals surface area (Å²) >= 11 is 3.79. The van der Waals surface area contributed by atoms with Crippen molar-refractivity contribution in [3.63, 3.8) is 0 Å². The van der Waals surface area contributed by atoms with Crippen LogP contribution in [0.3, 0.4) is 0 Å². The molecule has 12 heavy (non-hydrogen) atoms. The van der Waals surface area contributed by atoms with E-state index in [9.17, 15) is 4.79 Å². The molecule has 0 saturated heterocycles. The Bertz CT molecular complexity index is 156. The highest BCUT2D eigenvalue weighted by Gasteiger charge is 2.26. The molecule has 0 bridgehead atoms. The number of ketones is 1. The largest absolute Gasteiger partial charge is 0.395 e. The standard InChI is InChI=1S/C6H14N2O3S/c7-3(1-9)5(10)6(11)4(8)2-12/h3-5,9-10,12H,1-2,7-8H2/t3?,4-,5?/m0/s1. The van der Waals surface area contributed by atoms with Gasteiger partial charge in [0.05, 0.1) is 18.7 Å². The number of hydrogen-bond donors (Lipinski definition) is 5. The highest BCUT2D eigenvalue weighted by atomic mass is 32.1. The molecule has 72 valence electrons. The molecule has 0 amide bonds. The second-order valence-corrected chi connectivity index (χ2v) is 2.85. The van der Waals surface area contributed by atoms with Gasteiger partial charge in [-0.3, -0.25) is 4.79 Å². The van der Waals surface area contributed by atoms with E-state index in [-0.39, 0.29) is 5.75 Å². The molecule has 0 aromatic rings. The molecule has 0 fully saturated rings. The fraction of sp³-hybridized carbons (Fsp3) is 0.833. The first-order chi connectivity index (χ1) is 5.54. The molecule has 2 unspecified atom stereocenters. The monoisotopic (exact) mass is 194 g/mol. The zero-order valence-electron chi connectivity index (χ0n) is 6.55. The van der Waals surface area contributed by atoms with Gasteiger partial charge in [-0.1, -0.05) is 0 Å². The van der Waals surface area contributed by atoms with E-state index in [0.29, 0.717) is 0 Å². The molecule has 0 rings (SSSR count). The van der Waals surface area contributed by atoms with Crippen LogP contribution in [-0.4, -0.2) is 46.5 Å². The Morgan fingerprint density at radius 1 is 1.50 bits per heavy atom. The first-order valence-corrected chi connectivity index (χ1v) is 4.12. The summed E-state index contributed by atoms with van der Waals surface area (Å²) in [6.07, 6.45) is -1.41. The number of carbonyl (C=O) groups excluding carboxylic acids is 1. The van der Waals surface area contributed by atoms with Gasteiger partial charge in [0.1, 0.15) is 6.10 Å². The van der Waals surface area contributed by atoms with Crippen LogP contribution in [0.5, 0.6) is 0 Å². The van der Waals surface area contributed by atoms with E-state index in [1.54, 1.807) is 0 Å². The minimum atomic E-state index is -1.41. The Balaban J connectivity index is 4.09. The van der Waals surface area contributed by atoms with Crippen molar-refractivity contribution in [3.8, 4) is 0 Å². The number of rotatable bonds is 5. The van der Waals surface area contributed by atoms with Crippen LogP contribution in [0.4, 0.5) is 0 Å². The van der Waals surface area contributed by atoms with Gasteiger partial charge in [0.2, 0.25) is 0 Å². The van der Waals surface area contributed by atoms with Gasteiger partial charge in [-0.2, -0.15) is 12.6 Å². The molecular formula is C6H14N2O3S. The third-order valence-corrected chi connectivity index (χ3v) is 1.86. The predicted molar refractivity (Wildman–Crippen MR) is 47.9 cm³/mol. The number of nitrogens with two attached hydrogens (primary N) is 2. The van der Waals surface area contributed by atoms with Crippen molar-refractivity contribution in [2.75, 3.05) is 12.4 Å². The fourth-order valence-corrected chi connectivity index (χ4v) is 0.800. The number of Topliss-reactive ketones (excluding diaryl/α,β-unsaturated/α-hetero) is 1. The lowest BCUT2D eigenvalue weighted by Gasteiger charge is -2.17. The number of aliphatic hydroxyl groups excluding tert-OH is 2. The Morgan fingerprint density at radius 3 is 2.33 bits per heavy atom. The zero-order chi connectivity index (χ0) is 9.72. The van der Waals surface area contributed by atoms with Gasteiger partial charge in [0.25, 0.3) is 0 Å². The molecule has 0 saturated carbocycles. The third kappa shape index (κ3) is 3.08. The maximum atomic E-state index is 11.1. The Morgan fingerprint density at radius 2 is 2.00 bits per heavy atom. The van der Waals surface area contributed by atoms with Gasteiger partial charge in [-0.05, 0) is 0 Å². The summed E-state index contributed by atoms with van der Waals surface area (Å²) in [5.41, 5.74) is 10.5. The van der Waals surface area contributed by atoms with Crippen molar-refractivity contribution in [2.45, 2.75) is 18.2 Å². The maximum Gasteiger partial charge on any atom is 0.180 e. The van der Waals surface area contributed by atoms with E-state index in [4.69, 9.17) is 21.7 Å². The van der Waals surface area contributed by atoms with Crippen molar-refractivity contribution in [3.05, 3.63) is 0 Å². The lowest BCUT2D eigenvalue weighted by Crippen LogP contribution is -2.50.